The lowest BCUT2D eigenvalue weighted by Crippen LogP contribution is -2.36. The van der Waals surface area contributed by atoms with Gasteiger partial charge in [-0.2, -0.15) is 0 Å². The molecule has 0 saturated heterocycles. The van der Waals surface area contributed by atoms with Crippen molar-refractivity contribution in [1.82, 2.24) is 5.32 Å². The van der Waals surface area contributed by atoms with E-state index in [9.17, 15) is 9.90 Å². The van der Waals surface area contributed by atoms with Gasteiger partial charge in [0.15, 0.2) is 0 Å². The zero-order valence-corrected chi connectivity index (χ0v) is 11.3. The molecule has 0 aliphatic carbocycles. The normalized spacial score (nSPS) is 14.3. The van der Waals surface area contributed by atoms with Crippen molar-refractivity contribution in [3.05, 3.63) is 34.4 Å². The molecule has 3 N–H and O–H groups in total. The van der Waals surface area contributed by atoms with Crippen LogP contribution in [0.1, 0.15) is 35.3 Å². The van der Waals surface area contributed by atoms with Crippen molar-refractivity contribution in [3.8, 4) is 0 Å². The fourth-order valence-corrected chi connectivity index (χ4v) is 2.19. The smallest absolute Gasteiger partial charge is 0.320 e. The SMILES string of the molecule is Cc1cc(C)c(C(O)CNC(C)C(=O)O)c(C)c1. The van der Waals surface area contributed by atoms with Crippen LogP contribution in [0.15, 0.2) is 12.1 Å². The molecule has 2 atom stereocenters. The molecule has 4 nitrogen and oxygen atoms in total. The summed E-state index contributed by atoms with van der Waals surface area (Å²) in [5, 5.41) is 21.7. The summed E-state index contributed by atoms with van der Waals surface area (Å²) >= 11 is 0. The van der Waals surface area contributed by atoms with Gasteiger partial charge in [0, 0.05) is 6.54 Å². The van der Waals surface area contributed by atoms with Gasteiger partial charge in [-0.15, -0.1) is 0 Å². The maximum Gasteiger partial charge on any atom is 0.320 e. The molecule has 0 spiro atoms. The van der Waals surface area contributed by atoms with Crippen LogP contribution in [-0.2, 0) is 4.79 Å². The molecule has 2 unspecified atom stereocenters. The Morgan fingerprint density at radius 3 is 2.22 bits per heavy atom. The van der Waals surface area contributed by atoms with E-state index >= 15 is 0 Å². The van der Waals surface area contributed by atoms with Gasteiger partial charge in [-0.3, -0.25) is 4.79 Å². The van der Waals surface area contributed by atoms with Crippen molar-refractivity contribution >= 4 is 5.97 Å². The van der Waals surface area contributed by atoms with E-state index in [4.69, 9.17) is 5.11 Å². The van der Waals surface area contributed by atoms with Gasteiger partial charge in [-0.05, 0) is 44.4 Å². The van der Waals surface area contributed by atoms with Gasteiger partial charge in [0.25, 0.3) is 0 Å². The van der Waals surface area contributed by atoms with Gasteiger partial charge in [0.1, 0.15) is 6.04 Å². The number of rotatable bonds is 5. The zero-order valence-electron chi connectivity index (χ0n) is 11.3. The van der Waals surface area contributed by atoms with Gasteiger partial charge >= 0.3 is 5.97 Å². The first-order valence-corrected chi connectivity index (χ1v) is 6.05. The van der Waals surface area contributed by atoms with E-state index in [1.54, 1.807) is 6.92 Å². The van der Waals surface area contributed by atoms with E-state index < -0.39 is 18.1 Å². The summed E-state index contributed by atoms with van der Waals surface area (Å²) in [6.07, 6.45) is -0.688. The Bertz CT molecular complexity index is 420. The molecule has 0 aliphatic heterocycles. The van der Waals surface area contributed by atoms with Crippen LogP contribution in [0.25, 0.3) is 0 Å². The van der Waals surface area contributed by atoms with Crippen molar-refractivity contribution in [2.45, 2.75) is 39.8 Å². The van der Waals surface area contributed by atoms with Gasteiger partial charge in [0.2, 0.25) is 0 Å². The van der Waals surface area contributed by atoms with Crippen molar-refractivity contribution in [1.29, 1.82) is 0 Å². The van der Waals surface area contributed by atoms with Gasteiger partial charge in [0.05, 0.1) is 6.10 Å². The van der Waals surface area contributed by atoms with Crippen molar-refractivity contribution in [2.24, 2.45) is 0 Å². The van der Waals surface area contributed by atoms with E-state index in [0.29, 0.717) is 0 Å². The second kappa shape index (κ2) is 5.98. The summed E-state index contributed by atoms with van der Waals surface area (Å²) in [6.45, 7) is 7.72. The monoisotopic (exact) mass is 251 g/mol. The van der Waals surface area contributed by atoms with Crippen LogP contribution in [-0.4, -0.2) is 28.8 Å². The third-order valence-electron chi connectivity index (χ3n) is 3.06. The third kappa shape index (κ3) is 3.55. The third-order valence-corrected chi connectivity index (χ3v) is 3.06. The Kier molecular flexibility index (Phi) is 4.87. The van der Waals surface area contributed by atoms with E-state index in [0.717, 1.165) is 22.3 Å². The Morgan fingerprint density at radius 1 is 1.28 bits per heavy atom. The predicted molar refractivity (Wildman–Crippen MR) is 70.7 cm³/mol. The Morgan fingerprint density at radius 2 is 1.78 bits per heavy atom. The van der Waals surface area contributed by atoms with E-state index in [1.807, 2.05) is 32.9 Å². The number of carbonyl (C=O) groups is 1. The maximum atomic E-state index is 10.7. The standard InChI is InChI=1S/C14H21NO3/c1-8-5-9(2)13(10(3)6-8)12(16)7-15-11(4)14(17)18/h5-6,11-12,15-16H,7H2,1-4H3,(H,17,18). The number of carboxylic acid groups (broad SMARTS) is 1. The quantitative estimate of drug-likeness (QED) is 0.745. The highest BCUT2D eigenvalue weighted by atomic mass is 16.4. The van der Waals surface area contributed by atoms with E-state index in [2.05, 4.69) is 5.32 Å². The Labute approximate surface area is 108 Å². The highest BCUT2D eigenvalue weighted by molar-refractivity contribution is 5.72. The molecule has 0 saturated carbocycles. The lowest BCUT2D eigenvalue weighted by atomic mass is 9.95. The average Bonchev–Trinajstić information content (AvgIpc) is 2.24. The van der Waals surface area contributed by atoms with Crippen molar-refractivity contribution in [3.63, 3.8) is 0 Å². The minimum atomic E-state index is -0.917. The number of carboxylic acids is 1. The van der Waals surface area contributed by atoms with Crippen LogP contribution >= 0.6 is 0 Å². The first-order chi connectivity index (χ1) is 8.32. The number of nitrogens with one attached hydrogen (secondary N) is 1. The largest absolute Gasteiger partial charge is 0.480 e. The number of aliphatic carboxylic acids is 1. The van der Waals surface area contributed by atoms with Gasteiger partial charge < -0.3 is 15.5 Å². The fraction of sp³-hybridized carbons (Fsp3) is 0.500. The van der Waals surface area contributed by atoms with Crippen molar-refractivity contribution in [2.75, 3.05) is 6.54 Å². The minimum Gasteiger partial charge on any atom is -0.480 e. The van der Waals surface area contributed by atoms with Crippen LogP contribution in [0.2, 0.25) is 0 Å². The summed E-state index contributed by atoms with van der Waals surface area (Å²) in [4.78, 5) is 10.7. The van der Waals surface area contributed by atoms with E-state index in [1.165, 1.54) is 0 Å². The molecule has 0 radical (unpaired) electrons. The lowest BCUT2D eigenvalue weighted by molar-refractivity contribution is -0.139. The summed E-state index contributed by atoms with van der Waals surface area (Å²) in [7, 11) is 0. The Hall–Kier alpha value is -1.39. The number of hydrogen-bond acceptors (Lipinski definition) is 3. The molecular formula is C14H21NO3. The van der Waals surface area contributed by atoms with Crippen molar-refractivity contribution < 1.29 is 15.0 Å². The number of aliphatic hydroxyl groups excluding tert-OH is 1. The molecular weight excluding hydrogens is 230 g/mol. The molecule has 1 aromatic carbocycles. The molecule has 0 bridgehead atoms. The van der Waals surface area contributed by atoms with Crippen LogP contribution in [0.5, 0.6) is 0 Å². The predicted octanol–water partition coefficient (Wildman–Crippen LogP) is 1.71. The molecule has 100 valence electrons. The lowest BCUT2D eigenvalue weighted by Gasteiger charge is -2.19. The average molecular weight is 251 g/mol. The topological polar surface area (TPSA) is 69.6 Å². The van der Waals surface area contributed by atoms with Crippen LogP contribution in [0.4, 0.5) is 0 Å². The molecule has 0 aliphatic rings. The summed E-state index contributed by atoms with van der Waals surface area (Å²) in [5.41, 5.74) is 4.10. The molecule has 0 fully saturated rings. The first-order valence-electron chi connectivity index (χ1n) is 6.05. The highest BCUT2D eigenvalue weighted by Crippen LogP contribution is 2.23. The second-order valence-corrected chi connectivity index (χ2v) is 4.80. The summed E-state index contributed by atoms with van der Waals surface area (Å²) < 4.78 is 0. The van der Waals surface area contributed by atoms with Gasteiger partial charge in [-0.25, -0.2) is 0 Å². The summed E-state index contributed by atoms with van der Waals surface area (Å²) in [5.74, 6) is -0.917. The van der Waals surface area contributed by atoms with Gasteiger partial charge in [-0.1, -0.05) is 17.7 Å². The summed E-state index contributed by atoms with van der Waals surface area (Å²) in [6, 6.07) is 3.38. The number of aliphatic hydroxyl groups is 1. The number of benzene rings is 1. The van der Waals surface area contributed by atoms with E-state index in [-0.39, 0.29) is 6.54 Å². The number of aryl methyl sites for hydroxylation is 3. The minimum absolute atomic E-state index is 0.234. The molecule has 0 amide bonds. The molecule has 1 rings (SSSR count). The fourth-order valence-electron chi connectivity index (χ4n) is 2.19. The van der Waals surface area contributed by atoms with Crippen LogP contribution in [0, 0.1) is 20.8 Å². The van der Waals surface area contributed by atoms with Crippen LogP contribution in [0.3, 0.4) is 0 Å². The maximum absolute atomic E-state index is 10.7. The molecule has 18 heavy (non-hydrogen) atoms. The zero-order chi connectivity index (χ0) is 13.9. The molecule has 0 aromatic heterocycles. The molecule has 0 heterocycles. The Balaban J connectivity index is 2.79. The second-order valence-electron chi connectivity index (χ2n) is 4.80. The first kappa shape index (κ1) is 14.7. The molecule has 1 aromatic rings. The molecule has 4 heteroatoms. The number of hydrogen-bond donors (Lipinski definition) is 3. The highest BCUT2D eigenvalue weighted by Gasteiger charge is 2.16. The van der Waals surface area contributed by atoms with Crippen LogP contribution < -0.4 is 5.32 Å².